The highest BCUT2D eigenvalue weighted by atomic mass is 16.5. The molecule has 7 atom stereocenters. The van der Waals surface area contributed by atoms with E-state index in [0.29, 0.717) is 36.5 Å². The van der Waals surface area contributed by atoms with Gasteiger partial charge in [-0.2, -0.15) is 0 Å². The smallest absolute Gasteiger partial charge is 0.333 e. The van der Waals surface area contributed by atoms with Gasteiger partial charge in [0.05, 0.1) is 13.2 Å². The summed E-state index contributed by atoms with van der Waals surface area (Å²) in [5.41, 5.74) is 0.958. The monoisotopic (exact) mass is 560 g/mol. The van der Waals surface area contributed by atoms with Crippen molar-refractivity contribution in [3.05, 3.63) is 24.8 Å². The van der Waals surface area contributed by atoms with Crippen LogP contribution in [0.5, 0.6) is 0 Å². The van der Waals surface area contributed by atoms with E-state index in [2.05, 4.69) is 43.4 Å². The van der Waals surface area contributed by atoms with Crippen LogP contribution < -0.4 is 0 Å². The Morgan fingerprint density at radius 2 is 1.45 bits per heavy atom. The molecular formula is C34H56O6. The zero-order valence-corrected chi connectivity index (χ0v) is 26.4. The number of hydrogen-bond acceptors (Lipinski definition) is 6. The second kappa shape index (κ2) is 15.2. The van der Waals surface area contributed by atoms with E-state index in [4.69, 9.17) is 4.74 Å². The van der Waals surface area contributed by atoms with E-state index in [9.17, 15) is 14.4 Å². The molecule has 6 nitrogen and oxygen atoms in total. The Morgan fingerprint density at radius 1 is 0.875 bits per heavy atom. The van der Waals surface area contributed by atoms with Crippen LogP contribution >= 0.6 is 0 Å². The van der Waals surface area contributed by atoms with Crippen molar-refractivity contribution >= 4 is 17.9 Å². The zero-order valence-electron chi connectivity index (χ0n) is 26.4. The van der Waals surface area contributed by atoms with E-state index in [0.717, 1.165) is 12.5 Å². The maximum atomic E-state index is 11.6. The molecule has 0 saturated heterocycles. The molecule has 5 aliphatic carbocycles. The lowest BCUT2D eigenvalue weighted by atomic mass is 9.70. The molecule has 0 radical (unpaired) electrons. The molecule has 0 aromatic rings. The molecule has 5 rings (SSSR count). The third-order valence-corrected chi connectivity index (χ3v) is 10.7. The third kappa shape index (κ3) is 8.00. The summed E-state index contributed by atoms with van der Waals surface area (Å²) in [4.78, 5) is 31.9. The van der Waals surface area contributed by atoms with Crippen molar-refractivity contribution in [2.45, 2.75) is 119 Å². The molecule has 6 heteroatoms. The summed E-state index contributed by atoms with van der Waals surface area (Å²) in [6.45, 7) is 21.7. The van der Waals surface area contributed by atoms with Crippen LogP contribution in [-0.2, 0) is 28.6 Å². The van der Waals surface area contributed by atoms with Gasteiger partial charge in [0.15, 0.2) is 0 Å². The normalized spacial score (nSPS) is 33.1. The Morgan fingerprint density at radius 3 is 1.80 bits per heavy atom. The fourth-order valence-electron chi connectivity index (χ4n) is 8.02. The first kappa shape index (κ1) is 34.1. The van der Waals surface area contributed by atoms with Crippen LogP contribution in [0.2, 0.25) is 0 Å². The van der Waals surface area contributed by atoms with Crippen molar-refractivity contribution < 1.29 is 28.6 Å². The van der Waals surface area contributed by atoms with E-state index >= 15 is 0 Å². The van der Waals surface area contributed by atoms with E-state index < -0.39 is 0 Å². The van der Waals surface area contributed by atoms with E-state index in [1.807, 2.05) is 0 Å². The third-order valence-electron chi connectivity index (χ3n) is 10.7. The molecule has 0 aliphatic heterocycles. The Kier molecular flexibility index (Phi) is 13.0. The van der Waals surface area contributed by atoms with Crippen LogP contribution in [0.15, 0.2) is 24.8 Å². The Balaban J connectivity index is 0.000000201. The van der Waals surface area contributed by atoms with Crippen molar-refractivity contribution in [3.63, 3.8) is 0 Å². The average molecular weight is 561 g/mol. The highest BCUT2D eigenvalue weighted by Crippen LogP contribution is 2.66. The first-order valence-electron chi connectivity index (χ1n) is 15.7. The van der Waals surface area contributed by atoms with Gasteiger partial charge >= 0.3 is 17.9 Å². The molecule has 228 valence electrons. The van der Waals surface area contributed by atoms with Gasteiger partial charge in [0.2, 0.25) is 0 Å². The maximum absolute atomic E-state index is 11.6. The lowest BCUT2D eigenvalue weighted by Gasteiger charge is -2.38. The van der Waals surface area contributed by atoms with E-state index in [1.54, 1.807) is 66.2 Å². The fraction of sp³-hybridized carbons (Fsp3) is 0.794. The molecule has 40 heavy (non-hydrogen) atoms. The number of fused-ring (bicyclic) bond motifs is 7. The van der Waals surface area contributed by atoms with Gasteiger partial charge in [-0.25, -0.2) is 9.59 Å². The number of ether oxygens (including phenoxy) is 3. The van der Waals surface area contributed by atoms with Crippen LogP contribution in [0.1, 0.15) is 113 Å². The molecule has 0 aromatic carbocycles. The largest absolute Gasteiger partial charge is 0.466 e. The Labute approximate surface area is 243 Å². The molecule has 0 N–H and O–H groups in total. The van der Waals surface area contributed by atoms with E-state index in [1.165, 1.54) is 36.5 Å². The molecule has 5 fully saturated rings. The molecule has 0 spiro atoms. The summed E-state index contributed by atoms with van der Waals surface area (Å²) in [5, 5.41) is 0. The lowest BCUT2D eigenvalue weighted by Crippen LogP contribution is -2.38. The Hall–Kier alpha value is -2.11. The fourth-order valence-corrected chi connectivity index (χ4v) is 8.02. The van der Waals surface area contributed by atoms with Crippen LogP contribution in [0, 0.1) is 40.4 Å². The highest BCUT2D eigenvalue weighted by molar-refractivity contribution is 5.87. The van der Waals surface area contributed by atoms with Gasteiger partial charge in [0.1, 0.15) is 6.10 Å². The second-order valence-corrected chi connectivity index (χ2v) is 13.0. The number of rotatable bonds is 6. The van der Waals surface area contributed by atoms with Crippen molar-refractivity contribution in [3.8, 4) is 0 Å². The summed E-state index contributed by atoms with van der Waals surface area (Å²) < 4.78 is 14.6. The first-order chi connectivity index (χ1) is 18.9. The van der Waals surface area contributed by atoms with Crippen LogP contribution in [-0.4, -0.2) is 37.2 Å². The molecule has 0 aromatic heterocycles. The first-order valence-corrected chi connectivity index (χ1v) is 15.7. The minimum Gasteiger partial charge on any atom is -0.466 e. The lowest BCUT2D eigenvalue weighted by molar-refractivity contribution is -0.152. The number of carbonyl (C=O) groups excluding carboxylic acids is 3. The number of hydrogen-bond donors (Lipinski definition) is 0. The topological polar surface area (TPSA) is 78.9 Å². The summed E-state index contributed by atoms with van der Waals surface area (Å²) in [6.07, 6.45) is 14.7. The summed E-state index contributed by atoms with van der Waals surface area (Å²) in [7, 11) is 0. The van der Waals surface area contributed by atoms with Gasteiger partial charge in [-0.05, 0) is 107 Å². The molecule has 0 amide bonds. The van der Waals surface area contributed by atoms with Crippen LogP contribution in [0.4, 0.5) is 0 Å². The second-order valence-electron chi connectivity index (χ2n) is 13.0. The molecule has 5 saturated carbocycles. The SMILES string of the molecule is C1C[C@@H]2C3CCC(C3)[C@@H]2C1.C=C(C)C(=O)OC1CC2CCC1(C)C2(C)C.C=CC(=O)OCC.CCOC(=O)CC. The van der Waals surface area contributed by atoms with Crippen molar-refractivity contribution in [1.29, 1.82) is 0 Å². The molecule has 0 heterocycles. The van der Waals surface area contributed by atoms with Crippen LogP contribution in [0.3, 0.4) is 0 Å². The zero-order chi connectivity index (χ0) is 30.1. The van der Waals surface area contributed by atoms with Crippen molar-refractivity contribution in [2.24, 2.45) is 40.4 Å². The van der Waals surface area contributed by atoms with E-state index in [-0.39, 0.29) is 29.4 Å². The van der Waals surface area contributed by atoms with Gasteiger partial charge in [0.25, 0.3) is 0 Å². The standard InChI is InChI=1S/C14H22O2.C10H16.C5H10O2.C5H8O2/c1-9(2)12(15)16-11-8-10-6-7-14(11,5)13(10,3)4;1-2-9-7-4-5-8(6-7)10(9)3-1;2*1-3-5(6)7-4-2/h10-11H,1,6-8H2,2-5H3;7-10H,1-6H2;3-4H2,1-2H3;3H,1,4H2,2H3/t;7?,8?,9-,10+;;. The number of esters is 3. The average Bonchev–Trinajstić information content (AvgIpc) is 3.72. The van der Waals surface area contributed by atoms with Gasteiger partial charge in [-0.3, -0.25) is 4.79 Å². The predicted molar refractivity (Wildman–Crippen MR) is 159 cm³/mol. The molecule has 5 unspecified atom stereocenters. The highest BCUT2D eigenvalue weighted by Gasteiger charge is 2.62. The Bertz CT molecular complexity index is 875. The summed E-state index contributed by atoms with van der Waals surface area (Å²) >= 11 is 0. The minimum atomic E-state index is -0.359. The van der Waals surface area contributed by atoms with Crippen molar-refractivity contribution in [1.82, 2.24) is 0 Å². The van der Waals surface area contributed by atoms with Gasteiger partial charge in [-0.1, -0.05) is 47.3 Å². The van der Waals surface area contributed by atoms with Gasteiger partial charge < -0.3 is 14.2 Å². The summed E-state index contributed by atoms with van der Waals surface area (Å²) in [6, 6.07) is 0. The quantitative estimate of drug-likeness (QED) is 0.187. The predicted octanol–water partition coefficient (Wildman–Crippen LogP) is 7.85. The van der Waals surface area contributed by atoms with Crippen LogP contribution in [0.25, 0.3) is 0 Å². The maximum Gasteiger partial charge on any atom is 0.333 e. The van der Waals surface area contributed by atoms with Crippen molar-refractivity contribution in [2.75, 3.05) is 13.2 Å². The molecule has 5 aliphatic rings. The molecule has 4 bridgehead atoms. The van der Waals surface area contributed by atoms with Gasteiger partial charge in [-0.15, -0.1) is 0 Å². The minimum absolute atomic E-state index is 0.0884. The summed E-state index contributed by atoms with van der Waals surface area (Å²) in [5.74, 6) is 4.80. The van der Waals surface area contributed by atoms with Gasteiger partial charge in [0, 0.05) is 23.5 Å². The molecular weight excluding hydrogens is 504 g/mol. The number of carbonyl (C=O) groups is 3.